The summed E-state index contributed by atoms with van der Waals surface area (Å²) in [4.78, 5) is 19.4. The number of phenolic OH excluding ortho intramolecular Hbond substituents is 1. The van der Waals surface area contributed by atoms with E-state index in [0.29, 0.717) is 55.4 Å². The van der Waals surface area contributed by atoms with E-state index in [4.69, 9.17) is 33.9 Å². The number of aryl methyl sites for hydroxylation is 1. The number of rotatable bonds is 8. The van der Waals surface area contributed by atoms with E-state index in [0.717, 1.165) is 21.9 Å². The molecule has 5 heterocycles. The fourth-order valence-electron chi connectivity index (χ4n) is 8.17. The van der Waals surface area contributed by atoms with Crippen LogP contribution in [0, 0.1) is 29.6 Å². The molecule has 0 unspecified atom stereocenters. The summed E-state index contributed by atoms with van der Waals surface area (Å²) in [5.41, 5.74) is 4.48. The Hall–Kier alpha value is -8.35. The van der Waals surface area contributed by atoms with Crippen molar-refractivity contribution < 1.29 is 19.1 Å². The van der Waals surface area contributed by atoms with Crippen molar-refractivity contribution in [2.45, 2.75) is 26.7 Å². The zero-order valence-corrected chi connectivity index (χ0v) is 33.7. The van der Waals surface area contributed by atoms with Crippen LogP contribution in [0.15, 0.2) is 134 Å². The number of nitriles is 2. The van der Waals surface area contributed by atoms with Crippen molar-refractivity contribution in [3.05, 3.63) is 167 Å². The lowest BCUT2D eigenvalue weighted by Crippen LogP contribution is -2.43. The Balaban J connectivity index is 1.45. The van der Waals surface area contributed by atoms with Gasteiger partial charge in [0.1, 0.15) is 40.5 Å². The second-order valence-corrected chi connectivity index (χ2v) is 15.0. The molecule has 0 atom stereocenters. The van der Waals surface area contributed by atoms with Crippen LogP contribution in [0.4, 0.5) is 0 Å². The Bertz CT molecular complexity index is 3470. The molecule has 0 amide bonds. The van der Waals surface area contributed by atoms with Gasteiger partial charge >= 0.3 is 14.9 Å². The molecule has 12 nitrogen and oxygen atoms in total. The van der Waals surface area contributed by atoms with Gasteiger partial charge in [0.15, 0.2) is 17.4 Å². The van der Waals surface area contributed by atoms with Gasteiger partial charge in [-0.25, -0.2) is 19.9 Å². The number of fused-ring (bicyclic) bond motifs is 4. The minimum atomic E-state index is -1.13. The van der Waals surface area contributed by atoms with Gasteiger partial charge in [0.25, 0.3) is 0 Å². The summed E-state index contributed by atoms with van der Waals surface area (Å²) < 4.78 is 23.3. The summed E-state index contributed by atoms with van der Waals surface area (Å²) in [6.45, 7) is 6.04. The van der Waals surface area contributed by atoms with E-state index in [9.17, 15) is 15.6 Å². The molecule has 4 aromatic heterocycles. The first kappa shape index (κ1) is 37.9. The van der Waals surface area contributed by atoms with Crippen molar-refractivity contribution in [1.29, 1.82) is 10.5 Å². The van der Waals surface area contributed by atoms with Gasteiger partial charge in [0, 0.05) is 45.2 Å². The van der Waals surface area contributed by atoms with Crippen molar-refractivity contribution in [2.24, 2.45) is 0 Å². The Morgan fingerprint density at radius 2 is 1.26 bits per heavy atom. The summed E-state index contributed by atoms with van der Waals surface area (Å²) in [7, 11) is 0.351. The van der Waals surface area contributed by atoms with Gasteiger partial charge in [-0.15, -0.1) is 0 Å². The number of para-hydroxylation sites is 6. The van der Waals surface area contributed by atoms with E-state index in [-0.39, 0.29) is 40.2 Å². The van der Waals surface area contributed by atoms with Gasteiger partial charge in [0.2, 0.25) is 0 Å². The van der Waals surface area contributed by atoms with Gasteiger partial charge in [-0.3, -0.25) is 0 Å². The average molecular weight is 807 g/mol. The van der Waals surface area contributed by atoms with Gasteiger partial charge in [0.05, 0.1) is 27.4 Å². The highest BCUT2D eigenvalue weighted by Crippen LogP contribution is 2.39. The molecule has 0 saturated heterocycles. The highest BCUT2D eigenvalue weighted by atomic mass is 16.6. The fraction of sp³-hybridized carbons (Fsp3) is 0.0833. The molecule has 0 spiro atoms. The van der Waals surface area contributed by atoms with E-state index in [1.807, 2.05) is 122 Å². The molecule has 0 aliphatic carbocycles. The highest BCUT2D eigenvalue weighted by Gasteiger charge is 2.42. The molecule has 10 rings (SSSR count). The Kier molecular flexibility index (Phi) is 9.38. The van der Waals surface area contributed by atoms with E-state index >= 15 is 0 Å². The first-order chi connectivity index (χ1) is 30.3. The van der Waals surface area contributed by atoms with Crippen LogP contribution in [-0.2, 0) is 0 Å². The summed E-state index contributed by atoms with van der Waals surface area (Å²) in [5.74, 6) is 1.22. The predicted molar refractivity (Wildman–Crippen MR) is 237 cm³/mol. The molecular formula is C48H33B2N8O4. The van der Waals surface area contributed by atoms with E-state index in [1.54, 1.807) is 35.1 Å². The Morgan fingerprint density at radius 1 is 0.710 bits per heavy atom. The van der Waals surface area contributed by atoms with Gasteiger partial charge in [-0.05, 0) is 54.8 Å². The van der Waals surface area contributed by atoms with Gasteiger partial charge < -0.3 is 28.0 Å². The van der Waals surface area contributed by atoms with Crippen molar-refractivity contribution in [1.82, 2.24) is 28.9 Å². The zero-order chi connectivity index (χ0) is 42.5. The van der Waals surface area contributed by atoms with Crippen LogP contribution in [0.1, 0.15) is 42.7 Å². The molecule has 1 N–H and O–H groups in total. The average Bonchev–Trinajstić information content (AvgIpc) is 3.97. The number of benzene rings is 5. The predicted octanol–water partition coefficient (Wildman–Crippen LogP) is 7.34. The lowest BCUT2D eigenvalue weighted by Gasteiger charge is -2.17. The van der Waals surface area contributed by atoms with Crippen LogP contribution < -0.4 is 24.7 Å². The molecule has 5 aromatic carbocycles. The number of aromatic hydroxyl groups is 1. The minimum absolute atomic E-state index is 0.0762. The minimum Gasteiger partial charge on any atom is -0.540 e. The number of hydrogen-bond acceptors (Lipinski definition) is 10. The molecule has 1 radical (unpaired) electrons. The number of nitrogens with zero attached hydrogens (tertiary/aromatic N) is 8. The maximum absolute atomic E-state index is 11.5. The Morgan fingerprint density at radius 3 is 1.85 bits per heavy atom. The van der Waals surface area contributed by atoms with Crippen molar-refractivity contribution in [3.8, 4) is 46.4 Å². The summed E-state index contributed by atoms with van der Waals surface area (Å²) in [5, 5.41) is 37.3. The van der Waals surface area contributed by atoms with Crippen molar-refractivity contribution in [3.63, 3.8) is 0 Å². The topological polar surface area (TPSA) is 157 Å². The van der Waals surface area contributed by atoms with Crippen LogP contribution in [0.25, 0.3) is 55.0 Å². The molecule has 14 heteroatoms. The quantitative estimate of drug-likeness (QED) is 0.154. The molecular weight excluding hydrogens is 774 g/mol. The molecule has 1 aliphatic rings. The van der Waals surface area contributed by atoms with E-state index in [2.05, 4.69) is 12.1 Å². The SMILES string of the molecule is Cc1ccccc1-c1c2/c(=C(\C#N)c3ncc4ccccc4n3)n([B]Oc3ccccc3O)c(C(C)C)c2/c(=C(\C#N)c2ncc3ccccc3n2)n1B1Oc2ccccc2O1. The third kappa shape index (κ3) is 6.25. The van der Waals surface area contributed by atoms with E-state index < -0.39 is 7.25 Å². The molecule has 9 aromatic rings. The van der Waals surface area contributed by atoms with Crippen molar-refractivity contribution >= 4 is 58.6 Å². The standard InChI is InChI=1S/C48H33B2N8O4/c1-28(2)43-41-42(44(57(43)49-60-38-21-11-10-20-37(38)59)33(24-51)47-53-26-30-15-5-8-18-35(30)55-47)45(32-17-7-4-14-29(32)3)58(50-61-39-22-12-13-23-40(39)62-50)46(41)34(25-52)48-54-27-31-16-6-9-19-36(31)56-48/h4-23,26-28,59H,1-3H3/b44-33-,46-34-. The van der Waals surface area contributed by atoms with Crippen molar-refractivity contribution in [2.75, 3.05) is 0 Å². The molecule has 0 bridgehead atoms. The zero-order valence-electron chi connectivity index (χ0n) is 33.7. The smallest absolute Gasteiger partial charge is 0.540 e. The second-order valence-electron chi connectivity index (χ2n) is 15.0. The molecule has 1 aliphatic heterocycles. The maximum Gasteiger partial charge on any atom is 0.743 e. The third-order valence-electron chi connectivity index (χ3n) is 10.9. The lowest BCUT2D eigenvalue weighted by molar-refractivity contribution is 0.441. The highest BCUT2D eigenvalue weighted by molar-refractivity contribution is 6.47. The molecule has 295 valence electrons. The summed E-state index contributed by atoms with van der Waals surface area (Å²) >= 11 is 0. The number of phenols is 1. The largest absolute Gasteiger partial charge is 0.743 e. The number of hydrogen-bond donors (Lipinski definition) is 1. The third-order valence-corrected chi connectivity index (χ3v) is 10.9. The normalized spacial score (nSPS) is 13.0. The van der Waals surface area contributed by atoms with Gasteiger partial charge in [-0.1, -0.05) is 98.8 Å². The van der Waals surface area contributed by atoms with Gasteiger partial charge in [-0.2, -0.15) is 10.5 Å². The first-order valence-electron chi connectivity index (χ1n) is 19.9. The first-order valence-corrected chi connectivity index (χ1v) is 19.9. The lowest BCUT2D eigenvalue weighted by atomic mass is 9.99. The molecule has 0 saturated carbocycles. The number of aromatic nitrogens is 6. The van der Waals surface area contributed by atoms with Crippen LogP contribution in [0.5, 0.6) is 23.0 Å². The molecule has 62 heavy (non-hydrogen) atoms. The summed E-state index contributed by atoms with van der Waals surface area (Å²) in [6, 6.07) is 42.0. The molecule has 0 fully saturated rings. The monoisotopic (exact) mass is 807 g/mol. The van der Waals surface area contributed by atoms with E-state index in [1.165, 1.54) is 13.7 Å². The maximum atomic E-state index is 11.5. The second kappa shape index (κ2) is 15.4. The van der Waals surface area contributed by atoms with Crippen LogP contribution >= 0.6 is 0 Å². The Labute approximate surface area is 356 Å². The summed E-state index contributed by atoms with van der Waals surface area (Å²) in [6.07, 6.45) is 3.40. The fourth-order valence-corrected chi connectivity index (χ4v) is 8.17. The van der Waals surface area contributed by atoms with Crippen LogP contribution in [0.2, 0.25) is 0 Å². The van der Waals surface area contributed by atoms with Crippen LogP contribution in [0.3, 0.4) is 0 Å². The van der Waals surface area contributed by atoms with Crippen LogP contribution in [-0.4, -0.2) is 48.9 Å².